The van der Waals surface area contributed by atoms with E-state index >= 15 is 0 Å². The minimum atomic E-state index is -0.447. The summed E-state index contributed by atoms with van der Waals surface area (Å²) in [5.41, 5.74) is 2.84. The topological polar surface area (TPSA) is 78.5 Å². The normalized spacial score (nSPS) is 14.9. The number of benzene rings is 3. The quantitative estimate of drug-likeness (QED) is 0.350. The monoisotopic (exact) mass is 457 g/mol. The highest BCUT2D eigenvalue weighted by molar-refractivity contribution is 6.31. The van der Waals surface area contributed by atoms with Crippen LogP contribution in [0.1, 0.15) is 27.7 Å². The zero-order valence-corrected chi connectivity index (χ0v) is 18.3. The fourth-order valence-electron chi connectivity index (χ4n) is 4.15. The summed E-state index contributed by atoms with van der Waals surface area (Å²) < 4.78 is 6.02. The lowest BCUT2D eigenvalue weighted by Gasteiger charge is -2.25. The number of fused-ring (bicyclic) bond motifs is 1. The van der Waals surface area contributed by atoms with E-state index in [0.717, 1.165) is 5.56 Å². The second-order valence-corrected chi connectivity index (χ2v) is 8.10. The molecule has 0 radical (unpaired) electrons. The second-order valence-electron chi connectivity index (χ2n) is 7.66. The van der Waals surface area contributed by atoms with Crippen molar-refractivity contribution in [1.82, 2.24) is 15.1 Å². The van der Waals surface area contributed by atoms with Gasteiger partial charge in [0, 0.05) is 22.7 Å². The Morgan fingerprint density at radius 3 is 2.67 bits per heavy atom. The van der Waals surface area contributed by atoms with Crippen LogP contribution in [0.2, 0.25) is 5.02 Å². The minimum Gasteiger partial charge on any atom is -0.507 e. The lowest BCUT2D eigenvalue weighted by molar-refractivity contribution is 0.0764. The Morgan fingerprint density at radius 1 is 1.09 bits per heavy atom. The number of nitrogens with zero attached hydrogens (tertiary/aromatic N) is 2. The average molecular weight is 458 g/mol. The predicted molar refractivity (Wildman–Crippen MR) is 127 cm³/mol. The summed E-state index contributed by atoms with van der Waals surface area (Å²) in [5, 5.41) is 18.2. The molecule has 4 aromatic rings. The van der Waals surface area contributed by atoms with E-state index in [1.807, 2.05) is 54.6 Å². The van der Waals surface area contributed by atoms with Gasteiger partial charge in [0.1, 0.15) is 28.6 Å². The fraction of sp³-hybridized carbons (Fsp3) is 0.0769. The van der Waals surface area contributed by atoms with Gasteiger partial charge >= 0.3 is 0 Å². The van der Waals surface area contributed by atoms with E-state index in [2.05, 4.69) is 16.8 Å². The van der Waals surface area contributed by atoms with Gasteiger partial charge in [0.25, 0.3) is 5.91 Å². The van der Waals surface area contributed by atoms with Gasteiger partial charge in [-0.05, 0) is 48.0 Å². The molecule has 1 aromatic heterocycles. The van der Waals surface area contributed by atoms with E-state index in [0.29, 0.717) is 45.6 Å². The molecule has 1 unspecified atom stereocenters. The Kier molecular flexibility index (Phi) is 5.36. The number of phenols is 1. The standard InChI is InChI=1S/C26H20ClN3O3/c1-2-13-30-25(16-7-6-10-19(14-16)33-18-8-4-3-5-9-18)22-23(28-29-24(22)26(30)32)20-15-17(27)11-12-21(20)31/h2-12,14-15,25,31H,1,13H2,(H,28,29). The van der Waals surface area contributed by atoms with Crippen molar-refractivity contribution in [2.45, 2.75) is 6.04 Å². The lowest BCUT2D eigenvalue weighted by atomic mass is 9.95. The molecule has 7 heteroatoms. The van der Waals surface area contributed by atoms with Gasteiger partial charge in [-0.1, -0.05) is 48.0 Å². The van der Waals surface area contributed by atoms with E-state index in [9.17, 15) is 9.90 Å². The molecule has 5 rings (SSSR count). The number of hydrogen-bond donors (Lipinski definition) is 2. The Balaban J connectivity index is 1.63. The number of aromatic amines is 1. The third-order valence-corrected chi connectivity index (χ3v) is 5.79. The second kappa shape index (κ2) is 8.48. The Hall–Kier alpha value is -4.03. The maximum Gasteiger partial charge on any atom is 0.273 e. The van der Waals surface area contributed by atoms with E-state index in [1.54, 1.807) is 23.1 Å². The van der Waals surface area contributed by atoms with Crippen molar-refractivity contribution < 1.29 is 14.6 Å². The van der Waals surface area contributed by atoms with Gasteiger partial charge in [-0.25, -0.2) is 0 Å². The summed E-state index contributed by atoms with van der Waals surface area (Å²) in [7, 11) is 0. The molecule has 2 N–H and O–H groups in total. The highest BCUT2D eigenvalue weighted by Crippen LogP contribution is 2.45. The van der Waals surface area contributed by atoms with Gasteiger partial charge in [0.2, 0.25) is 0 Å². The molecule has 0 aliphatic carbocycles. The highest BCUT2D eigenvalue weighted by atomic mass is 35.5. The van der Waals surface area contributed by atoms with Crippen molar-refractivity contribution in [2.75, 3.05) is 6.54 Å². The molecule has 164 valence electrons. The third-order valence-electron chi connectivity index (χ3n) is 5.56. The van der Waals surface area contributed by atoms with Crippen LogP contribution in [0.3, 0.4) is 0 Å². The molecule has 0 saturated heterocycles. The highest BCUT2D eigenvalue weighted by Gasteiger charge is 2.42. The van der Waals surface area contributed by atoms with Crippen LogP contribution in [0.15, 0.2) is 85.5 Å². The molecule has 2 heterocycles. The fourth-order valence-corrected chi connectivity index (χ4v) is 4.32. The van der Waals surface area contributed by atoms with Gasteiger partial charge in [0.15, 0.2) is 0 Å². The number of carbonyl (C=O) groups is 1. The maximum absolute atomic E-state index is 13.2. The van der Waals surface area contributed by atoms with Gasteiger partial charge in [0.05, 0.1) is 6.04 Å². The minimum absolute atomic E-state index is 0.0308. The molecule has 0 fully saturated rings. The molecule has 1 amide bonds. The SMILES string of the molecule is C=CCN1C(=O)c2[nH]nc(-c3cc(Cl)ccc3O)c2C1c1cccc(Oc2ccccc2)c1. The summed E-state index contributed by atoms with van der Waals surface area (Å²) in [4.78, 5) is 14.9. The molecule has 0 bridgehead atoms. The van der Waals surface area contributed by atoms with E-state index in [4.69, 9.17) is 16.3 Å². The van der Waals surface area contributed by atoms with Crippen molar-refractivity contribution in [1.29, 1.82) is 0 Å². The molecule has 33 heavy (non-hydrogen) atoms. The van der Waals surface area contributed by atoms with Crippen LogP contribution >= 0.6 is 11.6 Å². The van der Waals surface area contributed by atoms with Crippen molar-refractivity contribution >= 4 is 17.5 Å². The summed E-state index contributed by atoms with van der Waals surface area (Å²) in [6.45, 7) is 4.16. The molecule has 3 aromatic carbocycles. The molecular weight excluding hydrogens is 438 g/mol. The number of halogens is 1. The molecule has 1 aliphatic rings. The number of ether oxygens (including phenoxy) is 1. The molecule has 1 atom stereocenters. The molecule has 0 spiro atoms. The predicted octanol–water partition coefficient (Wildman–Crippen LogP) is 5.96. The summed E-state index contributed by atoms with van der Waals surface area (Å²) in [6.07, 6.45) is 1.69. The van der Waals surface area contributed by atoms with Crippen molar-refractivity contribution in [2.24, 2.45) is 0 Å². The number of aromatic hydroxyl groups is 1. The van der Waals surface area contributed by atoms with Crippen LogP contribution in [0.5, 0.6) is 17.2 Å². The Labute approximate surface area is 195 Å². The number of amides is 1. The maximum atomic E-state index is 13.2. The van der Waals surface area contributed by atoms with E-state index in [-0.39, 0.29) is 11.7 Å². The first-order chi connectivity index (χ1) is 16.1. The summed E-state index contributed by atoms with van der Waals surface area (Å²) in [5.74, 6) is 1.20. The number of nitrogens with one attached hydrogen (secondary N) is 1. The molecule has 1 aliphatic heterocycles. The smallest absolute Gasteiger partial charge is 0.273 e. The molecule has 6 nitrogen and oxygen atoms in total. The number of aromatic nitrogens is 2. The zero-order valence-electron chi connectivity index (χ0n) is 17.5. The van der Waals surface area contributed by atoms with Crippen LogP contribution in [0, 0.1) is 0 Å². The van der Waals surface area contributed by atoms with E-state index in [1.165, 1.54) is 6.07 Å². The first-order valence-electron chi connectivity index (χ1n) is 10.4. The van der Waals surface area contributed by atoms with Crippen LogP contribution in [0.25, 0.3) is 11.3 Å². The number of hydrogen-bond acceptors (Lipinski definition) is 4. The average Bonchev–Trinajstić information content (AvgIpc) is 3.36. The first kappa shape index (κ1) is 20.8. The Bertz CT molecular complexity index is 1350. The van der Waals surface area contributed by atoms with Crippen LogP contribution in [-0.2, 0) is 0 Å². The lowest BCUT2D eigenvalue weighted by Crippen LogP contribution is -2.29. The van der Waals surface area contributed by atoms with Crippen molar-refractivity contribution in [3.05, 3.63) is 107 Å². The summed E-state index contributed by atoms with van der Waals surface area (Å²) >= 11 is 6.19. The third kappa shape index (κ3) is 3.75. The van der Waals surface area contributed by atoms with E-state index < -0.39 is 6.04 Å². The first-order valence-corrected chi connectivity index (χ1v) is 10.8. The number of rotatable bonds is 6. The van der Waals surface area contributed by atoms with Gasteiger partial charge in [-0.3, -0.25) is 9.89 Å². The number of phenolic OH excluding ortho intramolecular Hbond substituents is 1. The van der Waals surface area contributed by atoms with Crippen molar-refractivity contribution in [3.8, 4) is 28.5 Å². The van der Waals surface area contributed by atoms with Crippen molar-refractivity contribution in [3.63, 3.8) is 0 Å². The Morgan fingerprint density at radius 2 is 1.88 bits per heavy atom. The summed E-state index contributed by atoms with van der Waals surface area (Å²) in [6, 6.07) is 21.4. The molecular formula is C26H20ClN3O3. The molecule has 0 saturated carbocycles. The van der Waals surface area contributed by atoms with Crippen LogP contribution < -0.4 is 4.74 Å². The number of H-pyrrole nitrogens is 1. The largest absolute Gasteiger partial charge is 0.507 e. The van der Waals surface area contributed by atoms with Gasteiger partial charge in [-0.2, -0.15) is 5.10 Å². The van der Waals surface area contributed by atoms with Gasteiger partial charge < -0.3 is 14.7 Å². The number of carbonyl (C=O) groups excluding carboxylic acids is 1. The van der Waals surface area contributed by atoms with Crippen LogP contribution in [0.4, 0.5) is 0 Å². The number of para-hydroxylation sites is 1. The zero-order chi connectivity index (χ0) is 22.9. The van der Waals surface area contributed by atoms with Gasteiger partial charge in [-0.15, -0.1) is 6.58 Å². The van der Waals surface area contributed by atoms with Crippen LogP contribution in [-0.4, -0.2) is 32.7 Å².